The average molecular weight is 323 g/mol. The molecule has 0 unspecified atom stereocenters. The van der Waals surface area contributed by atoms with Gasteiger partial charge in [-0.3, -0.25) is 0 Å². The van der Waals surface area contributed by atoms with Crippen LogP contribution in [0, 0.1) is 6.92 Å². The van der Waals surface area contributed by atoms with Crippen LogP contribution in [0.2, 0.25) is 10.0 Å². The average Bonchev–Trinajstić information content (AvgIpc) is 3.01. The number of aryl methyl sites for hydroxylation is 1. The second-order valence-corrected chi connectivity index (χ2v) is 6.99. The van der Waals surface area contributed by atoms with E-state index in [1.54, 1.807) is 6.20 Å². The molecule has 110 valence electrons. The standard InChI is InChI=1S/C16H16Cl2N2O/c1-10-7-20-14(21-10)16-8-15(16,4-5-19-9-16)11-2-3-12(17)13(18)6-11/h2-3,6-7,19H,4-5,8-9H2,1H3/t15-,16-/m1/s1. The third kappa shape index (κ3) is 1.81. The van der Waals surface area contributed by atoms with Crippen molar-refractivity contribution < 1.29 is 4.42 Å². The lowest BCUT2D eigenvalue weighted by Crippen LogP contribution is -2.41. The first-order valence-electron chi connectivity index (χ1n) is 7.17. The van der Waals surface area contributed by atoms with Gasteiger partial charge in [-0.05, 0) is 44.0 Å². The first kappa shape index (κ1) is 13.6. The van der Waals surface area contributed by atoms with Crippen molar-refractivity contribution >= 4 is 23.2 Å². The smallest absolute Gasteiger partial charge is 0.202 e. The molecule has 1 aliphatic carbocycles. The molecule has 1 aromatic carbocycles. The van der Waals surface area contributed by atoms with Crippen molar-refractivity contribution in [3.05, 3.63) is 51.7 Å². The molecule has 0 radical (unpaired) electrons. The minimum atomic E-state index is -0.0450. The molecule has 2 aliphatic rings. The Kier molecular flexibility index (Phi) is 2.91. The summed E-state index contributed by atoms with van der Waals surface area (Å²) in [6, 6.07) is 5.99. The summed E-state index contributed by atoms with van der Waals surface area (Å²) in [7, 11) is 0. The molecule has 0 bridgehead atoms. The van der Waals surface area contributed by atoms with Crippen LogP contribution in [0.5, 0.6) is 0 Å². The molecule has 5 heteroatoms. The number of nitrogens with one attached hydrogen (secondary N) is 1. The summed E-state index contributed by atoms with van der Waals surface area (Å²) < 4.78 is 5.86. The molecule has 0 spiro atoms. The molecule has 2 heterocycles. The number of hydrogen-bond acceptors (Lipinski definition) is 3. The highest BCUT2D eigenvalue weighted by atomic mass is 35.5. The molecule has 1 aromatic heterocycles. The zero-order chi connectivity index (χ0) is 14.7. The predicted octanol–water partition coefficient (Wildman–Crippen LogP) is 3.86. The summed E-state index contributed by atoms with van der Waals surface area (Å²) >= 11 is 12.3. The monoisotopic (exact) mass is 322 g/mol. The number of halogens is 2. The van der Waals surface area contributed by atoms with Gasteiger partial charge in [0.1, 0.15) is 5.76 Å². The Hall–Kier alpha value is -1.03. The summed E-state index contributed by atoms with van der Waals surface area (Å²) in [5.41, 5.74) is 1.27. The third-order valence-corrected chi connectivity index (χ3v) is 5.79. The van der Waals surface area contributed by atoms with E-state index in [2.05, 4.69) is 16.4 Å². The van der Waals surface area contributed by atoms with Gasteiger partial charge in [0.2, 0.25) is 5.89 Å². The zero-order valence-corrected chi connectivity index (χ0v) is 13.3. The molecule has 21 heavy (non-hydrogen) atoms. The highest BCUT2D eigenvalue weighted by Crippen LogP contribution is 2.68. The number of benzene rings is 1. The normalized spacial score (nSPS) is 31.0. The van der Waals surface area contributed by atoms with Gasteiger partial charge in [-0.15, -0.1) is 0 Å². The molecule has 1 aliphatic heterocycles. The molecule has 2 atom stereocenters. The van der Waals surface area contributed by atoms with Crippen molar-refractivity contribution in [2.24, 2.45) is 0 Å². The second kappa shape index (κ2) is 4.48. The molecule has 1 saturated carbocycles. The van der Waals surface area contributed by atoms with Crippen LogP contribution in [0.15, 0.2) is 28.8 Å². The van der Waals surface area contributed by atoms with Gasteiger partial charge in [0, 0.05) is 12.0 Å². The predicted molar refractivity (Wildman–Crippen MR) is 83.2 cm³/mol. The van der Waals surface area contributed by atoms with E-state index in [9.17, 15) is 0 Å². The number of piperidine rings is 1. The lowest BCUT2D eigenvalue weighted by Gasteiger charge is -2.30. The maximum atomic E-state index is 6.22. The fraction of sp³-hybridized carbons (Fsp3) is 0.438. The highest BCUT2D eigenvalue weighted by molar-refractivity contribution is 6.42. The summed E-state index contributed by atoms with van der Waals surface area (Å²) in [6.45, 7) is 3.83. The Labute approximate surface area is 133 Å². The fourth-order valence-corrected chi connectivity index (χ4v) is 4.18. The number of oxazole rings is 1. The molecular formula is C16H16Cl2N2O. The molecule has 4 rings (SSSR count). The van der Waals surface area contributed by atoms with Crippen molar-refractivity contribution in [2.45, 2.75) is 30.6 Å². The van der Waals surface area contributed by atoms with Crippen molar-refractivity contribution in [1.82, 2.24) is 10.3 Å². The van der Waals surface area contributed by atoms with Gasteiger partial charge >= 0.3 is 0 Å². The maximum absolute atomic E-state index is 6.22. The first-order chi connectivity index (χ1) is 10.1. The van der Waals surface area contributed by atoms with Crippen LogP contribution in [0.25, 0.3) is 0 Å². The molecule has 2 aromatic rings. The first-order valence-corrected chi connectivity index (χ1v) is 7.92. The van der Waals surface area contributed by atoms with Gasteiger partial charge < -0.3 is 9.73 Å². The highest BCUT2D eigenvalue weighted by Gasteiger charge is 2.72. The van der Waals surface area contributed by atoms with Gasteiger partial charge in [-0.2, -0.15) is 0 Å². The van der Waals surface area contributed by atoms with Crippen LogP contribution in [0.3, 0.4) is 0 Å². The minimum Gasteiger partial charge on any atom is -0.445 e. The van der Waals surface area contributed by atoms with E-state index in [-0.39, 0.29) is 10.8 Å². The molecule has 1 saturated heterocycles. The van der Waals surface area contributed by atoms with Crippen LogP contribution in [-0.4, -0.2) is 18.1 Å². The number of aromatic nitrogens is 1. The third-order valence-electron chi connectivity index (χ3n) is 5.05. The van der Waals surface area contributed by atoms with Crippen LogP contribution in [0.1, 0.15) is 30.1 Å². The summed E-state index contributed by atoms with van der Waals surface area (Å²) in [4.78, 5) is 4.50. The van der Waals surface area contributed by atoms with Crippen molar-refractivity contribution in [2.75, 3.05) is 13.1 Å². The summed E-state index contributed by atoms with van der Waals surface area (Å²) in [5.74, 6) is 1.71. The summed E-state index contributed by atoms with van der Waals surface area (Å²) in [5, 5.41) is 4.70. The Morgan fingerprint density at radius 1 is 1.24 bits per heavy atom. The van der Waals surface area contributed by atoms with E-state index in [1.165, 1.54) is 5.56 Å². The Morgan fingerprint density at radius 3 is 2.81 bits per heavy atom. The zero-order valence-electron chi connectivity index (χ0n) is 11.7. The molecular weight excluding hydrogens is 307 g/mol. The van der Waals surface area contributed by atoms with Gasteiger partial charge in [0.05, 0.1) is 21.7 Å². The molecule has 0 amide bonds. The van der Waals surface area contributed by atoms with E-state index in [0.717, 1.165) is 37.6 Å². The van der Waals surface area contributed by atoms with Crippen LogP contribution >= 0.6 is 23.2 Å². The minimum absolute atomic E-state index is 0.0450. The van der Waals surface area contributed by atoms with E-state index < -0.39 is 0 Å². The van der Waals surface area contributed by atoms with Gasteiger partial charge in [-0.25, -0.2) is 4.98 Å². The van der Waals surface area contributed by atoms with Crippen LogP contribution in [-0.2, 0) is 10.8 Å². The molecule has 3 nitrogen and oxygen atoms in total. The topological polar surface area (TPSA) is 38.1 Å². The SMILES string of the molecule is Cc1cnc([C@@]23CNCC[C@]2(c2ccc(Cl)c(Cl)c2)C3)o1. The maximum Gasteiger partial charge on any atom is 0.202 e. The second-order valence-electron chi connectivity index (χ2n) is 6.17. The van der Waals surface area contributed by atoms with E-state index >= 15 is 0 Å². The van der Waals surface area contributed by atoms with Gasteiger partial charge in [0.25, 0.3) is 0 Å². The Balaban J connectivity index is 1.81. The van der Waals surface area contributed by atoms with Crippen LogP contribution < -0.4 is 5.32 Å². The number of nitrogens with zero attached hydrogens (tertiary/aromatic N) is 1. The lowest BCUT2D eigenvalue weighted by atomic mass is 9.81. The van der Waals surface area contributed by atoms with Crippen molar-refractivity contribution in [1.29, 1.82) is 0 Å². The number of hydrogen-bond donors (Lipinski definition) is 1. The Bertz CT molecular complexity index is 714. The summed E-state index contributed by atoms with van der Waals surface area (Å²) in [6.07, 6.45) is 3.91. The van der Waals surface area contributed by atoms with Crippen molar-refractivity contribution in [3.8, 4) is 0 Å². The largest absolute Gasteiger partial charge is 0.445 e. The quantitative estimate of drug-likeness (QED) is 0.912. The number of fused-ring (bicyclic) bond motifs is 1. The lowest BCUT2D eigenvalue weighted by molar-refractivity contribution is 0.330. The number of rotatable bonds is 2. The molecule has 1 N–H and O–H groups in total. The Morgan fingerprint density at radius 2 is 2.10 bits per heavy atom. The van der Waals surface area contributed by atoms with Crippen LogP contribution in [0.4, 0.5) is 0 Å². The van der Waals surface area contributed by atoms with Crippen molar-refractivity contribution in [3.63, 3.8) is 0 Å². The fourth-order valence-electron chi connectivity index (χ4n) is 3.88. The van der Waals surface area contributed by atoms with E-state index in [0.29, 0.717) is 10.0 Å². The van der Waals surface area contributed by atoms with Gasteiger partial charge in [-0.1, -0.05) is 29.3 Å². The molecule has 2 fully saturated rings. The van der Waals surface area contributed by atoms with Gasteiger partial charge in [0.15, 0.2) is 0 Å². The van der Waals surface area contributed by atoms with E-state index in [1.807, 2.05) is 19.1 Å². The van der Waals surface area contributed by atoms with E-state index in [4.69, 9.17) is 27.6 Å².